The molecule has 0 radical (unpaired) electrons. The van der Waals surface area contributed by atoms with Crippen LogP contribution in [-0.4, -0.2) is 50.8 Å². The second kappa shape index (κ2) is 8.96. The highest BCUT2D eigenvalue weighted by molar-refractivity contribution is 7.91. The first-order valence-corrected chi connectivity index (χ1v) is 10.2. The lowest BCUT2D eigenvalue weighted by Crippen LogP contribution is -2.38. The van der Waals surface area contributed by atoms with Crippen molar-refractivity contribution in [2.45, 2.75) is 17.4 Å². The van der Waals surface area contributed by atoms with E-state index in [0.717, 1.165) is 15.6 Å². The molecule has 1 aromatic heterocycles. The second-order valence-electron chi connectivity index (χ2n) is 5.59. The molecule has 0 aliphatic carbocycles. The Morgan fingerprint density at radius 1 is 1.19 bits per heavy atom. The van der Waals surface area contributed by atoms with E-state index in [1.54, 1.807) is 12.1 Å². The van der Waals surface area contributed by atoms with Gasteiger partial charge in [-0.2, -0.15) is 13.1 Å². The zero-order chi connectivity index (χ0) is 20.2. The van der Waals surface area contributed by atoms with Gasteiger partial charge in [0, 0.05) is 20.6 Å². The van der Waals surface area contributed by atoms with Crippen LogP contribution in [0.25, 0.3) is 0 Å². The number of halogens is 3. The predicted octanol–water partition coefficient (Wildman–Crippen LogP) is 3.28. The maximum absolute atomic E-state index is 12.4. The topological polar surface area (TPSA) is 66.9 Å². The Morgan fingerprint density at radius 2 is 1.81 bits per heavy atom. The number of sulfonamides is 1. The first kappa shape index (κ1) is 21.5. The summed E-state index contributed by atoms with van der Waals surface area (Å²) >= 11 is 6.68. The third-order valence-electron chi connectivity index (χ3n) is 3.57. The van der Waals surface area contributed by atoms with Crippen LogP contribution in [-0.2, 0) is 21.4 Å². The zero-order valence-corrected chi connectivity index (χ0v) is 16.8. The van der Waals surface area contributed by atoms with E-state index in [4.69, 9.17) is 11.6 Å². The van der Waals surface area contributed by atoms with Crippen LogP contribution < -0.4 is 4.74 Å². The Bertz CT molecular complexity index is 888. The van der Waals surface area contributed by atoms with Gasteiger partial charge < -0.3 is 9.64 Å². The maximum Gasteiger partial charge on any atom is 0.387 e. The number of alkyl halides is 2. The van der Waals surface area contributed by atoms with E-state index < -0.39 is 22.5 Å². The van der Waals surface area contributed by atoms with Crippen LogP contribution in [0.1, 0.15) is 5.56 Å². The molecule has 0 spiro atoms. The number of rotatable bonds is 8. The van der Waals surface area contributed by atoms with Crippen molar-refractivity contribution >= 4 is 38.9 Å². The molecule has 0 aliphatic heterocycles. The summed E-state index contributed by atoms with van der Waals surface area (Å²) in [5.74, 6) is -0.403. The molecule has 0 saturated carbocycles. The number of hydrogen-bond donors (Lipinski definition) is 0. The Hall–Kier alpha value is -1.75. The van der Waals surface area contributed by atoms with Crippen LogP contribution in [0.2, 0.25) is 4.34 Å². The van der Waals surface area contributed by atoms with Gasteiger partial charge in [-0.1, -0.05) is 23.7 Å². The van der Waals surface area contributed by atoms with Gasteiger partial charge in [0.15, 0.2) is 0 Å². The van der Waals surface area contributed by atoms with Crippen molar-refractivity contribution < 1.29 is 26.7 Å². The molecule has 0 N–H and O–H groups in total. The fourth-order valence-corrected chi connectivity index (χ4v) is 4.94. The SMILES string of the molecule is CN(Cc1ccc(OC(F)F)cc1)C(=O)CN(C)S(=O)(=O)c1ccc(Cl)s1. The van der Waals surface area contributed by atoms with Crippen molar-refractivity contribution in [3.05, 3.63) is 46.3 Å². The molecule has 27 heavy (non-hydrogen) atoms. The molecule has 0 bridgehead atoms. The van der Waals surface area contributed by atoms with Crippen LogP contribution in [0.4, 0.5) is 8.78 Å². The molecule has 2 rings (SSSR count). The van der Waals surface area contributed by atoms with Crippen molar-refractivity contribution in [1.82, 2.24) is 9.21 Å². The Balaban J connectivity index is 1.96. The van der Waals surface area contributed by atoms with Crippen LogP contribution in [0, 0.1) is 0 Å². The molecule has 11 heteroatoms. The van der Waals surface area contributed by atoms with E-state index in [2.05, 4.69) is 4.74 Å². The fourth-order valence-electron chi connectivity index (χ4n) is 2.12. The third-order valence-corrected chi connectivity index (χ3v) is 7.07. The van der Waals surface area contributed by atoms with Crippen LogP contribution in [0.3, 0.4) is 0 Å². The van der Waals surface area contributed by atoms with E-state index in [1.165, 1.54) is 43.3 Å². The molecule has 6 nitrogen and oxygen atoms in total. The number of likely N-dealkylation sites (N-methyl/N-ethyl adjacent to an activating group) is 2. The first-order chi connectivity index (χ1) is 12.6. The van der Waals surface area contributed by atoms with Gasteiger partial charge >= 0.3 is 6.61 Å². The largest absolute Gasteiger partial charge is 0.435 e. The summed E-state index contributed by atoms with van der Waals surface area (Å²) in [6.07, 6.45) is 0. The number of benzene rings is 1. The lowest BCUT2D eigenvalue weighted by Gasteiger charge is -2.21. The Labute approximate surface area is 165 Å². The molecular weight excluding hydrogens is 422 g/mol. The number of thiophene rings is 1. The minimum atomic E-state index is -3.80. The molecule has 2 aromatic rings. The van der Waals surface area contributed by atoms with Gasteiger partial charge in [0.2, 0.25) is 5.91 Å². The summed E-state index contributed by atoms with van der Waals surface area (Å²) in [6, 6.07) is 8.71. The van der Waals surface area contributed by atoms with Crippen molar-refractivity contribution in [2.24, 2.45) is 0 Å². The van der Waals surface area contributed by atoms with E-state index in [1.807, 2.05) is 0 Å². The molecule has 1 heterocycles. The average molecular weight is 439 g/mol. The van der Waals surface area contributed by atoms with Gasteiger partial charge in [-0.05, 0) is 29.8 Å². The monoisotopic (exact) mass is 438 g/mol. The van der Waals surface area contributed by atoms with Crippen LogP contribution in [0.5, 0.6) is 5.75 Å². The second-order valence-corrected chi connectivity index (χ2v) is 9.58. The van der Waals surface area contributed by atoms with E-state index in [-0.39, 0.29) is 23.0 Å². The van der Waals surface area contributed by atoms with Gasteiger partial charge in [0.05, 0.1) is 10.9 Å². The van der Waals surface area contributed by atoms with Gasteiger partial charge in [-0.25, -0.2) is 8.42 Å². The van der Waals surface area contributed by atoms with Gasteiger partial charge in [0.1, 0.15) is 9.96 Å². The number of carbonyl (C=O) groups is 1. The minimum Gasteiger partial charge on any atom is -0.435 e. The highest BCUT2D eigenvalue weighted by Crippen LogP contribution is 2.27. The highest BCUT2D eigenvalue weighted by Gasteiger charge is 2.25. The standard InChI is InChI=1S/C16H17ClF2N2O4S2/c1-20(9-11-3-5-12(6-4-11)25-16(18)19)14(22)10-21(2)27(23,24)15-8-7-13(17)26-15/h3-8,16H,9-10H2,1-2H3. The smallest absolute Gasteiger partial charge is 0.387 e. The number of ether oxygens (including phenoxy) is 1. The average Bonchev–Trinajstić information content (AvgIpc) is 3.03. The number of hydrogen-bond acceptors (Lipinski definition) is 5. The van der Waals surface area contributed by atoms with Crippen molar-refractivity contribution in [3.63, 3.8) is 0 Å². The number of carbonyl (C=O) groups excluding carboxylic acids is 1. The van der Waals surface area contributed by atoms with Crippen LogP contribution >= 0.6 is 22.9 Å². The molecule has 1 amide bonds. The normalized spacial score (nSPS) is 11.8. The molecule has 0 unspecified atom stereocenters. The highest BCUT2D eigenvalue weighted by atomic mass is 35.5. The Morgan fingerprint density at radius 3 is 2.33 bits per heavy atom. The van der Waals surface area contributed by atoms with E-state index in [9.17, 15) is 22.0 Å². The summed E-state index contributed by atoms with van der Waals surface area (Å²) < 4.78 is 54.7. The van der Waals surface area contributed by atoms with Crippen molar-refractivity contribution in [1.29, 1.82) is 0 Å². The van der Waals surface area contributed by atoms with Crippen LogP contribution in [0.15, 0.2) is 40.6 Å². The maximum atomic E-state index is 12.4. The fraction of sp³-hybridized carbons (Fsp3) is 0.312. The summed E-state index contributed by atoms with van der Waals surface area (Å²) in [5.41, 5.74) is 0.683. The molecule has 0 fully saturated rings. The van der Waals surface area contributed by atoms with Gasteiger partial charge in [0.25, 0.3) is 10.0 Å². The number of nitrogens with zero attached hydrogens (tertiary/aromatic N) is 2. The zero-order valence-electron chi connectivity index (χ0n) is 14.4. The quantitative estimate of drug-likeness (QED) is 0.634. The van der Waals surface area contributed by atoms with Crippen molar-refractivity contribution in [3.8, 4) is 5.75 Å². The first-order valence-electron chi connectivity index (χ1n) is 7.59. The van der Waals surface area contributed by atoms with Gasteiger partial charge in [-0.3, -0.25) is 4.79 Å². The molecule has 1 aromatic carbocycles. The van der Waals surface area contributed by atoms with Crippen molar-refractivity contribution in [2.75, 3.05) is 20.6 Å². The van der Waals surface area contributed by atoms with Gasteiger partial charge in [-0.15, -0.1) is 11.3 Å². The lowest BCUT2D eigenvalue weighted by molar-refractivity contribution is -0.130. The summed E-state index contributed by atoms with van der Waals surface area (Å²) in [7, 11) is -0.972. The van der Waals surface area contributed by atoms with E-state index in [0.29, 0.717) is 9.90 Å². The number of amides is 1. The predicted molar refractivity (Wildman–Crippen MR) is 98.7 cm³/mol. The summed E-state index contributed by atoms with van der Waals surface area (Å²) in [4.78, 5) is 13.7. The third kappa shape index (κ3) is 5.86. The molecule has 148 valence electrons. The molecule has 0 aliphatic rings. The van der Waals surface area contributed by atoms with E-state index >= 15 is 0 Å². The minimum absolute atomic E-state index is 0.0168. The molecular formula is C16H17ClF2N2O4S2. The Kier molecular flexibility index (Phi) is 7.15. The summed E-state index contributed by atoms with van der Waals surface area (Å²) in [5, 5.41) is 0. The molecule has 0 saturated heterocycles. The lowest BCUT2D eigenvalue weighted by atomic mass is 10.2. The molecule has 0 atom stereocenters. The summed E-state index contributed by atoms with van der Waals surface area (Å²) in [6.45, 7) is -3.07.